The lowest BCUT2D eigenvalue weighted by atomic mass is 10.3. The molecular weight excluding hydrogens is 306 g/mol. The van der Waals surface area contributed by atoms with Crippen LogP contribution >= 0.6 is 23.6 Å². The minimum Gasteiger partial charge on any atom is -0.362 e. The molecule has 0 fully saturated rings. The quantitative estimate of drug-likeness (QED) is 0.506. The molecule has 1 heterocycles. The molecule has 112 valence electrons. The summed E-state index contributed by atoms with van der Waals surface area (Å²) < 4.78 is 1.08. The van der Waals surface area contributed by atoms with Crippen molar-refractivity contribution >= 4 is 49.9 Å². The molecule has 0 unspecified atom stereocenters. The van der Waals surface area contributed by atoms with E-state index in [-0.39, 0.29) is 5.91 Å². The molecule has 0 bridgehead atoms. The lowest BCUT2D eigenvalue weighted by Gasteiger charge is -2.15. The summed E-state index contributed by atoms with van der Waals surface area (Å²) in [7, 11) is 0. The van der Waals surface area contributed by atoms with E-state index in [0.717, 1.165) is 10.2 Å². The molecule has 0 spiro atoms. The molecule has 21 heavy (non-hydrogen) atoms. The summed E-state index contributed by atoms with van der Waals surface area (Å²) in [6.07, 6.45) is 0. The maximum absolute atomic E-state index is 11.9. The van der Waals surface area contributed by atoms with Gasteiger partial charge in [-0.2, -0.15) is 0 Å². The van der Waals surface area contributed by atoms with Gasteiger partial charge in [-0.05, 0) is 38.2 Å². The molecule has 0 aliphatic heterocycles. The summed E-state index contributed by atoms with van der Waals surface area (Å²) in [6, 6.07) is 7.42. The van der Waals surface area contributed by atoms with Gasteiger partial charge in [0.15, 0.2) is 10.2 Å². The number of hydrogen-bond donors (Lipinski definition) is 4. The standard InChI is InChI=1S/C13H17N5OS2/c1-3-14-12(20)18-17-11(19)8(2)15-13-16-9-6-4-5-7-10(9)21-13/h4-8H,3H2,1-2H3,(H,15,16)(H,17,19)(H2,14,18,20)/t8-/m0/s1. The zero-order valence-electron chi connectivity index (χ0n) is 11.8. The Balaban J connectivity index is 1.89. The van der Waals surface area contributed by atoms with E-state index >= 15 is 0 Å². The van der Waals surface area contributed by atoms with Crippen LogP contribution in [0.3, 0.4) is 0 Å². The van der Waals surface area contributed by atoms with E-state index in [1.807, 2.05) is 31.2 Å². The first-order valence-corrected chi connectivity index (χ1v) is 7.78. The van der Waals surface area contributed by atoms with Crippen LogP contribution in [0.25, 0.3) is 10.2 Å². The highest BCUT2D eigenvalue weighted by Gasteiger charge is 2.14. The number of thiazole rings is 1. The average molecular weight is 323 g/mol. The van der Waals surface area contributed by atoms with Crippen molar-refractivity contribution in [2.45, 2.75) is 19.9 Å². The van der Waals surface area contributed by atoms with Crippen molar-refractivity contribution < 1.29 is 4.79 Å². The minimum absolute atomic E-state index is 0.213. The Morgan fingerprint density at radius 1 is 1.38 bits per heavy atom. The maximum atomic E-state index is 11.9. The van der Waals surface area contributed by atoms with Crippen molar-refractivity contribution in [3.63, 3.8) is 0 Å². The lowest BCUT2D eigenvalue weighted by Crippen LogP contribution is -2.50. The molecule has 1 amide bonds. The molecule has 8 heteroatoms. The fourth-order valence-corrected chi connectivity index (χ4v) is 2.76. The third-order valence-electron chi connectivity index (χ3n) is 2.66. The van der Waals surface area contributed by atoms with Crippen molar-refractivity contribution in [3.8, 4) is 0 Å². The number of carbonyl (C=O) groups is 1. The predicted molar refractivity (Wildman–Crippen MR) is 90.3 cm³/mol. The molecule has 0 saturated carbocycles. The Labute approximate surface area is 132 Å². The van der Waals surface area contributed by atoms with Gasteiger partial charge in [0, 0.05) is 6.54 Å². The van der Waals surface area contributed by atoms with E-state index in [9.17, 15) is 4.79 Å². The van der Waals surface area contributed by atoms with Gasteiger partial charge < -0.3 is 10.6 Å². The first-order chi connectivity index (χ1) is 10.1. The van der Waals surface area contributed by atoms with Crippen molar-refractivity contribution in [2.24, 2.45) is 0 Å². The highest BCUT2D eigenvalue weighted by molar-refractivity contribution is 7.80. The van der Waals surface area contributed by atoms with E-state index in [4.69, 9.17) is 12.2 Å². The van der Waals surface area contributed by atoms with E-state index < -0.39 is 6.04 Å². The van der Waals surface area contributed by atoms with Crippen LogP contribution in [0.15, 0.2) is 24.3 Å². The molecule has 0 aliphatic carbocycles. The number of rotatable bonds is 4. The Kier molecular flexibility index (Phi) is 5.29. The van der Waals surface area contributed by atoms with Gasteiger partial charge in [-0.1, -0.05) is 23.5 Å². The molecular formula is C13H17N5OS2. The Morgan fingerprint density at radius 2 is 2.14 bits per heavy atom. The second-order valence-corrected chi connectivity index (χ2v) is 5.77. The minimum atomic E-state index is -0.428. The molecule has 1 atom stereocenters. The van der Waals surface area contributed by atoms with Crippen LogP contribution in [0, 0.1) is 0 Å². The highest BCUT2D eigenvalue weighted by atomic mass is 32.1. The maximum Gasteiger partial charge on any atom is 0.260 e. The van der Waals surface area contributed by atoms with Crippen LogP contribution in [0.2, 0.25) is 0 Å². The second-order valence-electron chi connectivity index (χ2n) is 4.33. The summed E-state index contributed by atoms with van der Waals surface area (Å²) in [5.41, 5.74) is 6.10. The Hall–Kier alpha value is -1.93. The zero-order chi connectivity index (χ0) is 15.2. The highest BCUT2D eigenvalue weighted by Crippen LogP contribution is 2.25. The normalized spacial score (nSPS) is 11.7. The van der Waals surface area contributed by atoms with Gasteiger partial charge in [-0.25, -0.2) is 4.98 Å². The largest absolute Gasteiger partial charge is 0.362 e. The molecule has 6 nitrogen and oxygen atoms in total. The number of nitrogens with zero attached hydrogens (tertiary/aromatic N) is 1. The van der Waals surface area contributed by atoms with Gasteiger partial charge in [0.2, 0.25) is 0 Å². The summed E-state index contributed by atoms with van der Waals surface area (Å²) in [5.74, 6) is -0.213. The third kappa shape index (κ3) is 4.27. The SMILES string of the molecule is CCNC(=S)NNC(=O)[C@H](C)Nc1nc2ccccc2s1. The molecule has 0 aliphatic rings. The lowest BCUT2D eigenvalue weighted by molar-refractivity contribution is -0.122. The van der Waals surface area contributed by atoms with Gasteiger partial charge in [0.25, 0.3) is 5.91 Å². The zero-order valence-corrected chi connectivity index (χ0v) is 13.4. The van der Waals surface area contributed by atoms with E-state index in [0.29, 0.717) is 16.8 Å². The van der Waals surface area contributed by atoms with Crippen LogP contribution < -0.4 is 21.5 Å². The monoisotopic (exact) mass is 323 g/mol. The number of fused-ring (bicyclic) bond motifs is 1. The number of aromatic nitrogens is 1. The summed E-state index contributed by atoms with van der Waals surface area (Å²) >= 11 is 6.48. The van der Waals surface area contributed by atoms with Gasteiger partial charge in [-0.3, -0.25) is 15.6 Å². The molecule has 2 aromatic rings. The summed E-state index contributed by atoms with van der Waals surface area (Å²) in [5, 5.41) is 7.06. The van der Waals surface area contributed by atoms with Gasteiger partial charge in [0.1, 0.15) is 6.04 Å². The van der Waals surface area contributed by atoms with Crippen molar-refractivity contribution in [2.75, 3.05) is 11.9 Å². The number of carbonyl (C=O) groups excluding carboxylic acids is 1. The van der Waals surface area contributed by atoms with Gasteiger partial charge >= 0.3 is 0 Å². The van der Waals surface area contributed by atoms with Gasteiger partial charge in [-0.15, -0.1) is 0 Å². The summed E-state index contributed by atoms with van der Waals surface area (Å²) in [6.45, 7) is 4.38. The van der Waals surface area contributed by atoms with Crippen LogP contribution in [0.4, 0.5) is 5.13 Å². The summed E-state index contributed by atoms with van der Waals surface area (Å²) in [4.78, 5) is 16.4. The van der Waals surface area contributed by atoms with Crippen molar-refractivity contribution in [1.29, 1.82) is 0 Å². The predicted octanol–water partition coefficient (Wildman–Crippen LogP) is 1.61. The number of nitrogens with one attached hydrogen (secondary N) is 4. The number of hydrazine groups is 1. The number of thiocarbonyl (C=S) groups is 1. The van der Waals surface area contributed by atoms with E-state index in [2.05, 4.69) is 26.5 Å². The second kappa shape index (κ2) is 7.19. The molecule has 1 aromatic heterocycles. The van der Waals surface area contributed by atoms with Crippen molar-refractivity contribution in [1.82, 2.24) is 21.2 Å². The van der Waals surface area contributed by atoms with Crippen molar-refractivity contribution in [3.05, 3.63) is 24.3 Å². The third-order valence-corrected chi connectivity index (χ3v) is 3.88. The molecule has 0 saturated heterocycles. The molecule has 2 rings (SSSR count). The van der Waals surface area contributed by atoms with Gasteiger partial charge in [0.05, 0.1) is 10.2 Å². The topological polar surface area (TPSA) is 78.1 Å². The fraction of sp³-hybridized carbons (Fsp3) is 0.308. The Morgan fingerprint density at radius 3 is 2.86 bits per heavy atom. The molecule has 4 N–H and O–H groups in total. The first kappa shape index (κ1) is 15.5. The molecule has 1 aromatic carbocycles. The Bertz CT molecular complexity index is 609. The van der Waals surface area contributed by atoms with Crippen LogP contribution in [0.1, 0.15) is 13.8 Å². The smallest absolute Gasteiger partial charge is 0.260 e. The van der Waals surface area contributed by atoms with Crippen LogP contribution in [-0.2, 0) is 4.79 Å². The number of para-hydroxylation sites is 1. The number of hydrogen-bond acceptors (Lipinski definition) is 5. The molecule has 0 radical (unpaired) electrons. The fourth-order valence-electron chi connectivity index (χ4n) is 1.62. The number of benzene rings is 1. The van der Waals surface area contributed by atoms with Crippen LogP contribution in [-0.4, -0.2) is 28.6 Å². The van der Waals surface area contributed by atoms with E-state index in [1.54, 1.807) is 6.92 Å². The van der Waals surface area contributed by atoms with Crippen LogP contribution in [0.5, 0.6) is 0 Å². The number of amides is 1. The average Bonchev–Trinajstić information content (AvgIpc) is 2.87. The number of anilines is 1. The first-order valence-electron chi connectivity index (χ1n) is 6.56. The van der Waals surface area contributed by atoms with E-state index in [1.165, 1.54) is 11.3 Å².